The zero-order chi connectivity index (χ0) is 14.7. The molecule has 0 fully saturated rings. The van der Waals surface area contributed by atoms with E-state index in [0.717, 1.165) is 31.9 Å². The lowest BCUT2D eigenvalue weighted by Crippen LogP contribution is -2.30. The van der Waals surface area contributed by atoms with E-state index < -0.39 is 0 Å². The second kappa shape index (κ2) is 9.82. The average Bonchev–Trinajstić information content (AvgIpc) is 2.44. The topological polar surface area (TPSA) is 21.3 Å². The average molecular weight is 277 g/mol. The molecule has 2 heteroatoms. The van der Waals surface area contributed by atoms with Crippen molar-refractivity contribution in [2.45, 2.75) is 52.9 Å². The lowest BCUT2D eigenvalue weighted by Gasteiger charge is -2.25. The number of hydrogen-bond acceptors (Lipinski definition) is 2. The SMILES string of the molecule is CCCCCC(C)(C)CNCCCOc1ccccc1. The number of unbranched alkanes of at least 4 members (excludes halogenated alkanes) is 2. The molecule has 0 aromatic heterocycles. The highest BCUT2D eigenvalue weighted by Gasteiger charge is 2.16. The van der Waals surface area contributed by atoms with Crippen molar-refractivity contribution in [2.24, 2.45) is 5.41 Å². The van der Waals surface area contributed by atoms with Gasteiger partial charge in [0.2, 0.25) is 0 Å². The molecule has 1 rings (SSSR count). The summed E-state index contributed by atoms with van der Waals surface area (Å²) in [7, 11) is 0. The number of hydrogen-bond donors (Lipinski definition) is 1. The molecule has 0 saturated heterocycles. The molecule has 0 saturated carbocycles. The lowest BCUT2D eigenvalue weighted by atomic mass is 9.87. The molecule has 20 heavy (non-hydrogen) atoms. The summed E-state index contributed by atoms with van der Waals surface area (Å²) in [5.74, 6) is 0.965. The van der Waals surface area contributed by atoms with Gasteiger partial charge in [-0.05, 0) is 36.9 Å². The van der Waals surface area contributed by atoms with Crippen LogP contribution in [0.25, 0.3) is 0 Å². The number of ether oxygens (including phenoxy) is 1. The Hall–Kier alpha value is -1.02. The molecule has 2 nitrogen and oxygen atoms in total. The Bertz CT molecular complexity index is 335. The molecule has 1 aromatic carbocycles. The molecule has 0 aliphatic heterocycles. The molecule has 0 heterocycles. The van der Waals surface area contributed by atoms with Gasteiger partial charge in [0, 0.05) is 6.54 Å². The second-order valence-electron chi connectivity index (χ2n) is 6.31. The maximum Gasteiger partial charge on any atom is 0.119 e. The standard InChI is InChI=1S/C18H31NO/c1-4-5-9-13-18(2,3)16-19-14-10-15-20-17-11-7-6-8-12-17/h6-8,11-12,19H,4-5,9-10,13-16H2,1-3H3. The predicted molar refractivity (Wildman–Crippen MR) is 87.3 cm³/mol. The van der Waals surface area contributed by atoms with Gasteiger partial charge in [0.15, 0.2) is 0 Å². The molecule has 0 aliphatic carbocycles. The summed E-state index contributed by atoms with van der Waals surface area (Å²) in [6.45, 7) is 9.89. The highest BCUT2D eigenvalue weighted by molar-refractivity contribution is 5.20. The van der Waals surface area contributed by atoms with E-state index in [1.54, 1.807) is 0 Å². The van der Waals surface area contributed by atoms with Crippen LogP contribution in [-0.4, -0.2) is 19.7 Å². The summed E-state index contributed by atoms with van der Waals surface area (Å²) in [6.07, 6.45) is 6.38. The smallest absolute Gasteiger partial charge is 0.119 e. The van der Waals surface area contributed by atoms with E-state index in [4.69, 9.17) is 4.74 Å². The van der Waals surface area contributed by atoms with Crippen LogP contribution in [0.2, 0.25) is 0 Å². The van der Waals surface area contributed by atoms with Gasteiger partial charge in [-0.2, -0.15) is 0 Å². The molecule has 0 spiro atoms. The fourth-order valence-electron chi connectivity index (χ4n) is 2.27. The predicted octanol–water partition coefficient (Wildman–Crippen LogP) is 4.65. The monoisotopic (exact) mass is 277 g/mol. The van der Waals surface area contributed by atoms with Crippen LogP contribution in [0.3, 0.4) is 0 Å². The van der Waals surface area contributed by atoms with Gasteiger partial charge in [0.25, 0.3) is 0 Å². The molecule has 1 N–H and O–H groups in total. The van der Waals surface area contributed by atoms with Crippen LogP contribution in [-0.2, 0) is 0 Å². The van der Waals surface area contributed by atoms with Crippen molar-refractivity contribution in [3.05, 3.63) is 30.3 Å². The van der Waals surface area contributed by atoms with Crippen molar-refractivity contribution in [3.8, 4) is 5.75 Å². The Labute approximate surface area is 124 Å². The van der Waals surface area contributed by atoms with E-state index in [-0.39, 0.29) is 0 Å². The van der Waals surface area contributed by atoms with Gasteiger partial charge in [-0.15, -0.1) is 0 Å². The Kier molecular flexibility index (Phi) is 8.36. The van der Waals surface area contributed by atoms with E-state index in [1.165, 1.54) is 25.7 Å². The summed E-state index contributed by atoms with van der Waals surface area (Å²) in [5.41, 5.74) is 0.412. The molecule has 1 aromatic rings. The Morgan fingerprint density at radius 1 is 1.05 bits per heavy atom. The zero-order valence-corrected chi connectivity index (χ0v) is 13.5. The highest BCUT2D eigenvalue weighted by atomic mass is 16.5. The normalized spacial score (nSPS) is 11.6. The van der Waals surface area contributed by atoms with E-state index in [9.17, 15) is 0 Å². The largest absolute Gasteiger partial charge is 0.494 e. The fourth-order valence-corrected chi connectivity index (χ4v) is 2.27. The van der Waals surface area contributed by atoms with Crippen molar-refractivity contribution in [3.63, 3.8) is 0 Å². The van der Waals surface area contributed by atoms with Gasteiger partial charge in [0.05, 0.1) is 6.61 Å². The molecule has 0 atom stereocenters. The van der Waals surface area contributed by atoms with Gasteiger partial charge in [0.1, 0.15) is 5.75 Å². The minimum atomic E-state index is 0.412. The summed E-state index contributed by atoms with van der Waals surface area (Å²) >= 11 is 0. The van der Waals surface area contributed by atoms with Crippen LogP contribution in [0.4, 0.5) is 0 Å². The van der Waals surface area contributed by atoms with E-state index in [1.807, 2.05) is 30.3 Å². The zero-order valence-electron chi connectivity index (χ0n) is 13.5. The molecule has 0 unspecified atom stereocenters. The fraction of sp³-hybridized carbons (Fsp3) is 0.667. The summed E-state index contributed by atoms with van der Waals surface area (Å²) in [5, 5.41) is 3.56. The van der Waals surface area contributed by atoms with E-state index >= 15 is 0 Å². The van der Waals surface area contributed by atoms with Crippen LogP contribution < -0.4 is 10.1 Å². The third kappa shape index (κ3) is 8.21. The third-order valence-electron chi connectivity index (χ3n) is 3.57. The molecule has 0 radical (unpaired) electrons. The maximum atomic E-state index is 5.68. The van der Waals surface area contributed by atoms with Gasteiger partial charge < -0.3 is 10.1 Å². The van der Waals surface area contributed by atoms with Crippen LogP contribution in [0.5, 0.6) is 5.75 Å². The first kappa shape index (κ1) is 17.0. The van der Waals surface area contributed by atoms with Crippen molar-refractivity contribution < 1.29 is 4.74 Å². The van der Waals surface area contributed by atoms with Gasteiger partial charge in [-0.25, -0.2) is 0 Å². The number of para-hydroxylation sites is 1. The number of rotatable bonds is 11. The van der Waals surface area contributed by atoms with Crippen molar-refractivity contribution in [2.75, 3.05) is 19.7 Å². The lowest BCUT2D eigenvalue weighted by molar-refractivity contribution is 0.282. The van der Waals surface area contributed by atoms with Crippen LogP contribution in [0.1, 0.15) is 52.9 Å². The van der Waals surface area contributed by atoms with Crippen molar-refractivity contribution in [1.29, 1.82) is 0 Å². The Balaban J connectivity index is 2.01. The van der Waals surface area contributed by atoms with Gasteiger partial charge >= 0.3 is 0 Å². The number of benzene rings is 1. The maximum absolute atomic E-state index is 5.68. The Morgan fingerprint density at radius 2 is 1.80 bits per heavy atom. The number of nitrogens with one attached hydrogen (secondary N) is 1. The highest BCUT2D eigenvalue weighted by Crippen LogP contribution is 2.22. The molecular formula is C18H31NO. The van der Waals surface area contributed by atoms with Gasteiger partial charge in [-0.3, -0.25) is 0 Å². The summed E-state index contributed by atoms with van der Waals surface area (Å²) in [4.78, 5) is 0. The molecule has 114 valence electrons. The van der Waals surface area contributed by atoms with Crippen molar-refractivity contribution in [1.82, 2.24) is 5.32 Å². The first-order valence-electron chi connectivity index (χ1n) is 8.02. The Morgan fingerprint density at radius 3 is 2.50 bits per heavy atom. The quantitative estimate of drug-likeness (QED) is 0.594. The summed E-state index contributed by atoms with van der Waals surface area (Å²) < 4.78 is 5.68. The van der Waals surface area contributed by atoms with Crippen molar-refractivity contribution >= 4 is 0 Å². The molecule has 0 bridgehead atoms. The first-order valence-corrected chi connectivity index (χ1v) is 8.02. The van der Waals surface area contributed by atoms with E-state index in [2.05, 4.69) is 26.1 Å². The molecule has 0 amide bonds. The van der Waals surface area contributed by atoms with Gasteiger partial charge in [-0.1, -0.05) is 58.2 Å². The van der Waals surface area contributed by atoms with Crippen LogP contribution in [0, 0.1) is 5.41 Å². The van der Waals surface area contributed by atoms with Crippen LogP contribution in [0.15, 0.2) is 30.3 Å². The van der Waals surface area contributed by atoms with Crippen LogP contribution >= 0.6 is 0 Å². The second-order valence-corrected chi connectivity index (χ2v) is 6.31. The first-order chi connectivity index (χ1) is 9.64. The third-order valence-corrected chi connectivity index (χ3v) is 3.57. The molecule has 0 aliphatic rings. The minimum Gasteiger partial charge on any atom is -0.494 e. The van der Waals surface area contributed by atoms with E-state index in [0.29, 0.717) is 5.41 Å². The minimum absolute atomic E-state index is 0.412. The summed E-state index contributed by atoms with van der Waals surface area (Å²) in [6, 6.07) is 10.0. The molecular weight excluding hydrogens is 246 g/mol.